The second-order valence-corrected chi connectivity index (χ2v) is 8.14. The van der Waals surface area contributed by atoms with Crippen molar-refractivity contribution in [1.29, 1.82) is 0 Å². The molecule has 3 nitrogen and oxygen atoms in total. The molecule has 1 N–H and O–H groups in total. The highest BCUT2D eigenvalue weighted by Crippen LogP contribution is 2.26. The van der Waals surface area contributed by atoms with Crippen molar-refractivity contribution in [2.75, 3.05) is 19.6 Å². The molecule has 1 saturated heterocycles. The summed E-state index contributed by atoms with van der Waals surface area (Å²) in [5.41, 5.74) is 1.17. The van der Waals surface area contributed by atoms with Crippen molar-refractivity contribution in [3.05, 3.63) is 34.9 Å². The maximum atomic E-state index is 12.4. The molecule has 4 heteroatoms. The van der Waals surface area contributed by atoms with Crippen LogP contribution >= 0.6 is 11.6 Å². The van der Waals surface area contributed by atoms with Crippen molar-refractivity contribution in [3.63, 3.8) is 0 Å². The number of carbonyl (C=O) groups is 1. The molecule has 3 rings (SSSR count). The maximum Gasteiger partial charge on any atom is 0.220 e. The summed E-state index contributed by atoms with van der Waals surface area (Å²) in [5.74, 6) is 0.830. The van der Waals surface area contributed by atoms with Crippen LogP contribution in [0.3, 0.4) is 0 Å². The Labute approximate surface area is 157 Å². The average molecular weight is 363 g/mol. The molecular weight excluding hydrogens is 332 g/mol. The summed E-state index contributed by atoms with van der Waals surface area (Å²) in [6.45, 7) is 3.66. The molecule has 0 bridgehead atoms. The number of carbonyl (C=O) groups excluding carboxylic acids is 1. The average Bonchev–Trinajstić information content (AvgIpc) is 2.64. The van der Waals surface area contributed by atoms with E-state index in [2.05, 4.69) is 10.2 Å². The predicted octanol–water partition coefficient (Wildman–Crippen LogP) is 4.43. The summed E-state index contributed by atoms with van der Waals surface area (Å²) >= 11 is 5.92. The standard InChI is InChI=1S/C21H31ClN2O/c22-19-11-8-17(9-12-19)10-13-21(25)23-20-7-3-2-6-18(20)16-24-14-4-1-5-15-24/h8-9,11-12,18,20H,1-7,10,13-16H2,(H,23,25)/t18-,20+/m0/s1. The van der Waals surface area contributed by atoms with Gasteiger partial charge < -0.3 is 10.2 Å². The van der Waals surface area contributed by atoms with Crippen LogP contribution in [0.15, 0.2) is 24.3 Å². The quantitative estimate of drug-likeness (QED) is 0.811. The van der Waals surface area contributed by atoms with Gasteiger partial charge in [-0.3, -0.25) is 4.79 Å². The fourth-order valence-electron chi connectivity index (χ4n) is 4.28. The van der Waals surface area contributed by atoms with E-state index in [1.165, 1.54) is 63.7 Å². The smallest absolute Gasteiger partial charge is 0.220 e. The molecule has 1 aromatic rings. The molecule has 1 heterocycles. The fraction of sp³-hybridized carbons (Fsp3) is 0.667. The molecule has 0 unspecified atom stereocenters. The molecule has 2 fully saturated rings. The number of hydrogen-bond acceptors (Lipinski definition) is 2. The summed E-state index contributed by atoms with van der Waals surface area (Å²) in [4.78, 5) is 15.1. The number of piperidine rings is 1. The second kappa shape index (κ2) is 9.59. The summed E-state index contributed by atoms with van der Waals surface area (Å²) < 4.78 is 0. The lowest BCUT2D eigenvalue weighted by Crippen LogP contribution is -2.47. The number of nitrogens with zero attached hydrogens (tertiary/aromatic N) is 1. The Morgan fingerprint density at radius 3 is 2.52 bits per heavy atom. The molecule has 2 aliphatic rings. The van der Waals surface area contributed by atoms with Crippen LogP contribution in [-0.4, -0.2) is 36.5 Å². The molecule has 1 aliphatic carbocycles. The lowest BCUT2D eigenvalue weighted by Gasteiger charge is -2.37. The number of halogens is 1. The molecule has 0 aromatic heterocycles. The topological polar surface area (TPSA) is 32.3 Å². The van der Waals surface area contributed by atoms with Crippen LogP contribution in [0.4, 0.5) is 0 Å². The van der Waals surface area contributed by atoms with Gasteiger partial charge in [-0.25, -0.2) is 0 Å². The molecule has 0 spiro atoms. The van der Waals surface area contributed by atoms with Gasteiger partial charge >= 0.3 is 0 Å². The van der Waals surface area contributed by atoms with Crippen LogP contribution in [0.25, 0.3) is 0 Å². The first kappa shape index (κ1) is 18.7. The molecule has 1 aromatic carbocycles. The Kier molecular flexibility index (Phi) is 7.18. The summed E-state index contributed by atoms with van der Waals surface area (Å²) in [6.07, 6.45) is 10.4. The van der Waals surface area contributed by atoms with Crippen LogP contribution < -0.4 is 5.32 Å². The van der Waals surface area contributed by atoms with Gasteiger partial charge in [0, 0.05) is 24.0 Å². The van der Waals surface area contributed by atoms with E-state index in [9.17, 15) is 4.79 Å². The van der Waals surface area contributed by atoms with Gasteiger partial charge in [-0.1, -0.05) is 43.0 Å². The number of likely N-dealkylation sites (tertiary alicyclic amines) is 1. The Bertz CT molecular complexity index is 539. The zero-order chi connectivity index (χ0) is 17.5. The zero-order valence-electron chi connectivity index (χ0n) is 15.2. The SMILES string of the molecule is O=C(CCc1ccc(Cl)cc1)N[C@@H]1CCCC[C@H]1CN1CCCCC1. The van der Waals surface area contributed by atoms with Crippen molar-refractivity contribution >= 4 is 17.5 Å². The highest BCUT2D eigenvalue weighted by molar-refractivity contribution is 6.30. The van der Waals surface area contributed by atoms with E-state index >= 15 is 0 Å². The third-order valence-electron chi connectivity index (χ3n) is 5.75. The molecule has 0 radical (unpaired) electrons. The monoisotopic (exact) mass is 362 g/mol. The van der Waals surface area contributed by atoms with Gasteiger partial charge in [0.1, 0.15) is 0 Å². The first-order valence-corrected chi connectivity index (χ1v) is 10.3. The number of nitrogens with one attached hydrogen (secondary N) is 1. The molecule has 138 valence electrons. The minimum Gasteiger partial charge on any atom is -0.353 e. The second-order valence-electron chi connectivity index (χ2n) is 7.71. The summed E-state index contributed by atoms with van der Waals surface area (Å²) in [7, 11) is 0. The lowest BCUT2D eigenvalue weighted by molar-refractivity contribution is -0.122. The fourth-order valence-corrected chi connectivity index (χ4v) is 4.40. The highest BCUT2D eigenvalue weighted by Gasteiger charge is 2.28. The van der Waals surface area contributed by atoms with Crippen LogP contribution in [0.5, 0.6) is 0 Å². The molecule has 1 saturated carbocycles. The largest absolute Gasteiger partial charge is 0.353 e. The van der Waals surface area contributed by atoms with E-state index in [0.717, 1.165) is 17.9 Å². The Morgan fingerprint density at radius 2 is 1.76 bits per heavy atom. The first-order chi connectivity index (χ1) is 12.2. The van der Waals surface area contributed by atoms with E-state index in [1.807, 2.05) is 24.3 Å². The van der Waals surface area contributed by atoms with Crippen molar-refractivity contribution in [2.45, 2.75) is 63.8 Å². The number of rotatable bonds is 6. The predicted molar refractivity (Wildman–Crippen MR) is 104 cm³/mol. The molecule has 1 amide bonds. The van der Waals surface area contributed by atoms with Crippen molar-refractivity contribution in [1.82, 2.24) is 10.2 Å². The Balaban J connectivity index is 1.46. The van der Waals surface area contributed by atoms with Crippen molar-refractivity contribution in [2.24, 2.45) is 5.92 Å². The van der Waals surface area contributed by atoms with Gasteiger partial charge in [0.15, 0.2) is 0 Å². The molecule has 2 atom stereocenters. The Hall–Kier alpha value is -1.06. The van der Waals surface area contributed by atoms with Gasteiger partial charge in [-0.2, -0.15) is 0 Å². The van der Waals surface area contributed by atoms with Crippen LogP contribution in [0.1, 0.15) is 56.9 Å². The van der Waals surface area contributed by atoms with Gasteiger partial charge in [-0.15, -0.1) is 0 Å². The van der Waals surface area contributed by atoms with E-state index in [1.54, 1.807) is 0 Å². The van der Waals surface area contributed by atoms with E-state index in [-0.39, 0.29) is 5.91 Å². The van der Waals surface area contributed by atoms with Gasteiger partial charge in [0.2, 0.25) is 5.91 Å². The highest BCUT2D eigenvalue weighted by atomic mass is 35.5. The van der Waals surface area contributed by atoms with Crippen molar-refractivity contribution < 1.29 is 4.79 Å². The third-order valence-corrected chi connectivity index (χ3v) is 6.00. The minimum absolute atomic E-state index is 0.200. The lowest BCUT2D eigenvalue weighted by atomic mass is 9.83. The first-order valence-electron chi connectivity index (χ1n) is 9.97. The van der Waals surface area contributed by atoms with Crippen LogP contribution in [0, 0.1) is 5.92 Å². The van der Waals surface area contributed by atoms with E-state index in [4.69, 9.17) is 11.6 Å². The van der Waals surface area contributed by atoms with E-state index in [0.29, 0.717) is 18.4 Å². The summed E-state index contributed by atoms with van der Waals surface area (Å²) in [6, 6.07) is 8.17. The Morgan fingerprint density at radius 1 is 1.04 bits per heavy atom. The third kappa shape index (κ3) is 6.00. The summed E-state index contributed by atoms with van der Waals surface area (Å²) in [5, 5.41) is 4.09. The van der Waals surface area contributed by atoms with Crippen molar-refractivity contribution in [3.8, 4) is 0 Å². The van der Waals surface area contributed by atoms with Gasteiger partial charge in [-0.05, 0) is 68.8 Å². The van der Waals surface area contributed by atoms with Gasteiger partial charge in [0.05, 0.1) is 0 Å². The normalized spacial score (nSPS) is 24.8. The maximum absolute atomic E-state index is 12.4. The molecule has 1 aliphatic heterocycles. The zero-order valence-corrected chi connectivity index (χ0v) is 15.9. The number of aryl methyl sites for hydroxylation is 1. The minimum atomic E-state index is 0.200. The molecular formula is C21H31ClN2O. The van der Waals surface area contributed by atoms with Crippen LogP contribution in [-0.2, 0) is 11.2 Å². The number of amides is 1. The van der Waals surface area contributed by atoms with Crippen LogP contribution in [0.2, 0.25) is 5.02 Å². The van der Waals surface area contributed by atoms with E-state index < -0.39 is 0 Å². The van der Waals surface area contributed by atoms with Gasteiger partial charge in [0.25, 0.3) is 0 Å². The number of benzene rings is 1. The number of hydrogen-bond donors (Lipinski definition) is 1. The molecule has 25 heavy (non-hydrogen) atoms.